The molecule has 0 aliphatic carbocycles. The highest BCUT2D eigenvalue weighted by Crippen LogP contribution is 2.24. The van der Waals surface area contributed by atoms with Gasteiger partial charge in [0, 0.05) is 6.42 Å². The molecule has 1 heterocycles. The number of methoxy groups -OCH3 is 1. The quantitative estimate of drug-likeness (QED) is 0.731. The minimum atomic E-state index is -0.102. The number of ketones is 1. The molecule has 0 unspecified atom stereocenters. The number of carbonyl (C=O) groups is 1. The Balaban J connectivity index is 2.35. The van der Waals surface area contributed by atoms with Crippen LogP contribution in [-0.2, 0) is 4.74 Å². The summed E-state index contributed by atoms with van der Waals surface area (Å²) in [5.41, 5.74) is 1.62. The summed E-state index contributed by atoms with van der Waals surface area (Å²) in [4.78, 5) is 12.1. The molecule has 1 aliphatic heterocycles. The first kappa shape index (κ1) is 10.7. The number of carbonyl (C=O) groups excluding carboxylic acids is 1. The van der Waals surface area contributed by atoms with E-state index in [-0.39, 0.29) is 5.78 Å². The fourth-order valence-electron chi connectivity index (χ4n) is 1.69. The predicted molar refractivity (Wildman–Crippen MR) is 60.7 cm³/mol. The van der Waals surface area contributed by atoms with Gasteiger partial charge in [0.2, 0.25) is 5.78 Å². The van der Waals surface area contributed by atoms with Gasteiger partial charge in [0.25, 0.3) is 0 Å². The number of hydrogen-bond acceptors (Lipinski definition) is 3. The number of aryl methyl sites for hydroxylation is 1. The monoisotopic (exact) mass is 218 g/mol. The Bertz CT molecular complexity index is 446. The molecule has 1 aliphatic rings. The lowest BCUT2D eigenvalue weighted by Crippen LogP contribution is -2.06. The molecule has 0 spiro atoms. The number of rotatable bonds is 3. The smallest absolute Gasteiger partial charge is 0.230 e. The normalized spacial score (nSPS) is 14.2. The molecule has 1 aromatic rings. The summed E-state index contributed by atoms with van der Waals surface area (Å²) in [6, 6.07) is 5.52. The van der Waals surface area contributed by atoms with Crippen LogP contribution in [0.25, 0.3) is 0 Å². The van der Waals surface area contributed by atoms with Gasteiger partial charge in [-0.25, -0.2) is 0 Å². The first-order chi connectivity index (χ1) is 7.72. The fraction of sp³-hybridized carbons (Fsp3) is 0.308. The zero-order chi connectivity index (χ0) is 11.5. The van der Waals surface area contributed by atoms with E-state index in [1.54, 1.807) is 13.2 Å². The lowest BCUT2D eigenvalue weighted by atomic mass is 10.1. The third-order valence-electron chi connectivity index (χ3n) is 2.53. The Labute approximate surface area is 94.7 Å². The molecular weight excluding hydrogens is 204 g/mol. The molecule has 0 amide bonds. The molecule has 2 rings (SSSR count). The van der Waals surface area contributed by atoms with E-state index in [1.165, 1.54) is 0 Å². The summed E-state index contributed by atoms with van der Waals surface area (Å²) in [5, 5.41) is 0. The first-order valence-electron chi connectivity index (χ1n) is 5.24. The zero-order valence-corrected chi connectivity index (χ0v) is 9.45. The van der Waals surface area contributed by atoms with Crippen molar-refractivity contribution >= 4 is 5.78 Å². The van der Waals surface area contributed by atoms with E-state index < -0.39 is 0 Å². The van der Waals surface area contributed by atoms with E-state index in [4.69, 9.17) is 9.47 Å². The maximum Gasteiger partial charge on any atom is 0.230 e. The Morgan fingerprint density at radius 2 is 2.25 bits per heavy atom. The predicted octanol–water partition coefficient (Wildman–Crippen LogP) is 2.49. The summed E-state index contributed by atoms with van der Waals surface area (Å²) in [6.45, 7) is 2.55. The van der Waals surface area contributed by atoms with Crippen LogP contribution in [0.4, 0.5) is 0 Å². The maximum atomic E-state index is 12.1. The van der Waals surface area contributed by atoms with Crippen LogP contribution in [0.2, 0.25) is 0 Å². The molecule has 3 nitrogen and oxygen atoms in total. The van der Waals surface area contributed by atoms with Gasteiger partial charge in [-0.2, -0.15) is 0 Å². The molecule has 0 atom stereocenters. The minimum absolute atomic E-state index is 0.102. The summed E-state index contributed by atoms with van der Waals surface area (Å²) in [6.07, 6.45) is 2.62. The molecular formula is C13H14O3. The number of hydrogen-bond donors (Lipinski definition) is 0. The van der Waals surface area contributed by atoms with Crippen LogP contribution >= 0.6 is 0 Å². The SMILES string of the molecule is COc1cc(C)ccc1C(=O)C1=CCCO1. The van der Waals surface area contributed by atoms with Crippen molar-refractivity contribution in [1.82, 2.24) is 0 Å². The molecule has 16 heavy (non-hydrogen) atoms. The Kier molecular flexibility index (Phi) is 2.95. The molecule has 0 N–H and O–H groups in total. The van der Waals surface area contributed by atoms with Gasteiger partial charge in [0.15, 0.2) is 5.76 Å². The van der Waals surface area contributed by atoms with Crippen molar-refractivity contribution in [2.45, 2.75) is 13.3 Å². The third kappa shape index (κ3) is 1.94. The van der Waals surface area contributed by atoms with Gasteiger partial charge in [0.05, 0.1) is 19.3 Å². The van der Waals surface area contributed by atoms with E-state index in [1.807, 2.05) is 25.1 Å². The Morgan fingerprint density at radius 1 is 1.44 bits per heavy atom. The van der Waals surface area contributed by atoms with Crippen LogP contribution in [0.5, 0.6) is 5.75 Å². The van der Waals surface area contributed by atoms with Crippen molar-refractivity contribution in [2.75, 3.05) is 13.7 Å². The van der Waals surface area contributed by atoms with Gasteiger partial charge in [-0.05, 0) is 30.7 Å². The number of benzene rings is 1. The second-order valence-electron chi connectivity index (χ2n) is 3.74. The minimum Gasteiger partial charge on any atom is -0.496 e. The van der Waals surface area contributed by atoms with E-state index in [2.05, 4.69) is 0 Å². The summed E-state index contributed by atoms with van der Waals surface area (Å²) in [5.74, 6) is 0.929. The van der Waals surface area contributed by atoms with Crippen molar-refractivity contribution in [1.29, 1.82) is 0 Å². The molecule has 0 bridgehead atoms. The molecule has 0 saturated carbocycles. The van der Waals surface area contributed by atoms with Gasteiger partial charge in [0.1, 0.15) is 5.75 Å². The van der Waals surface area contributed by atoms with Gasteiger partial charge >= 0.3 is 0 Å². The summed E-state index contributed by atoms with van der Waals surface area (Å²) >= 11 is 0. The van der Waals surface area contributed by atoms with Gasteiger partial charge in [-0.1, -0.05) is 6.07 Å². The molecule has 1 aromatic carbocycles. The van der Waals surface area contributed by atoms with Crippen molar-refractivity contribution in [3.63, 3.8) is 0 Å². The Hall–Kier alpha value is -1.77. The molecule has 84 valence electrons. The van der Waals surface area contributed by atoms with Gasteiger partial charge in [-0.15, -0.1) is 0 Å². The summed E-state index contributed by atoms with van der Waals surface area (Å²) < 4.78 is 10.5. The highest BCUT2D eigenvalue weighted by atomic mass is 16.5. The number of Topliss-reactive ketones (excluding diaryl/α,β-unsaturated/α-hetero) is 1. The average Bonchev–Trinajstić information content (AvgIpc) is 2.81. The number of allylic oxidation sites excluding steroid dienone is 1. The molecule has 0 aromatic heterocycles. The van der Waals surface area contributed by atoms with Crippen LogP contribution < -0.4 is 4.74 Å². The van der Waals surface area contributed by atoms with Crippen LogP contribution in [0.1, 0.15) is 22.3 Å². The lowest BCUT2D eigenvalue weighted by molar-refractivity contribution is 0.0939. The standard InChI is InChI=1S/C13H14O3/c1-9-5-6-10(12(8-9)15-2)13(14)11-4-3-7-16-11/h4-6,8H,3,7H2,1-2H3. The van der Waals surface area contributed by atoms with Gasteiger partial charge in [-0.3, -0.25) is 4.79 Å². The van der Waals surface area contributed by atoms with E-state index >= 15 is 0 Å². The second kappa shape index (κ2) is 4.39. The first-order valence-corrected chi connectivity index (χ1v) is 5.24. The summed E-state index contributed by atoms with van der Waals surface area (Å²) in [7, 11) is 1.56. The van der Waals surface area contributed by atoms with E-state index in [0.717, 1.165) is 12.0 Å². The maximum absolute atomic E-state index is 12.1. The molecule has 0 saturated heterocycles. The molecule has 0 fully saturated rings. The van der Waals surface area contributed by atoms with Crippen LogP contribution in [-0.4, -0.2) is 19.5 Å². The van der Waals surface area contributed by atoms with Gasteiger partial charge < -0.3 is 9.47 Å². The van der Waals surface area contributed by atoms with Crippen molar-refractivity contribution in [2.24, 2.45) is 0 Å². The third-order valence-corrected chi connectivity index (χ3v) is 2.53. The van der Waals surface area contributed by atoms with E-state index in [0.29, 0.717) is 23.7 Å². The number of ether oxygens (including phenoxy) is 2. The zero-order valence-electron chi connectivity index (χ0n) is 9.45. The molecule has 0 radical (unpaired) electrons. The van der Waals surface area contributed by atoms with Crippen molar-refractivity contribution in [3.05, 3.63) is 41.2 Å². The van der Waals surface area contributed by atoms with Crippen molar-refractivity contribution < 1.29 is 14.3 Å². The average molecular weight is 218 g/mol. The fourth-order valence-corrected chi connectivity index (χ4v) is 1.69. The largest absolute Gasteiger partial charge is 0.496 e. The lowest BCUT2D eigenvalue weighted by Gasteiger charge is -2.09. The second-order valence-corrected chi connectivity index (χ2v) is 3.74. The topological polar surface area (TPSA) is 35.5 Å². The highest BCUT2D eigenvalue weighted by Gasteiger charge is 2.20. The van der Waals surface area contributed by atoms with Crippen LogP contribution in [0.3, 0.4) is 0 Å². The Morgan fingerprint density at radius 3 is 2.88 bits per heavy atom. The van der Waals surface area contributed by atoms with Crippen molar-refractivity contribution in [3.8, 4) is 5.75 Å². The molecule has 3 heteroatoms. The van der Waals surface area contributed by atoms with Crippen LogP contribution in [0.15, 0.2) is 30.0 Å². The van der Waals surface area contributed by atoms with Crippen LogP contribution in [0, 0.1) is 6.92 Å². The highest BCUT2D eigenvalue weighted by molar-refractivity contribution is 6.09. The van der Waals surface area contributed by atoms with E-state index in [9.17, 15) is 4.79 Å².